The maximum Gasteiger partial charge on any atom is 0.137 e. The lowest BCUT2D eigenvalue weighted by molar-refractivity contribution is -0.118. The van der Waals surface area contributed by atoms with Gasteiger partial charge in [0.2, 0.25) is 0 Å². The number of hydrogen-bond donors (Lipinski definition) is 0. The summed E-state index contributed by atoms with van der Waals surface area (Å²) in [5, 5.41) is 0. The number of Topliss-reactive ketones (excluding diaryl/α,β-unsaturated/α-hetero) is 1. The van der Waals surface area contributed by atoms with Crippen molar-refractivity contribution in [1.82, 2.24) is 0 Å². The second-order valence-corrected chi connectivity index (χ2v) is 5.15. The van der Waals surface area contributed by atoms with E-state index in [-0.39, 0.29) is 11.6 Å². The molecule has 0 heterocycles. The van der Waals surface area contributed by atoms with Crippen LogP contribution in [0, 0.1) is 5.82 Å². The lowest BCUT2D eigenvalue weighted by Gasteiger charge is -2.29. The molecule has 0 fully saturated rings. The molecular weight excluding hydrogens is 239 g/mol. The summed E-state index contributed by atoms with van der Waals surface area (Å²) >= 11 is 0. The minimum atomic E-state index is -0.278. The third kappa shape index (κ3) is 2.58. The van der Waals surface area contributed by atoms with Gasteiger partial charge in [0.15, 0.2) is 0 Å². The molecule has 3 rings (SSSR count). The van der Waals surface area contributed by atoms with E-state index >= 15 is 0 Å². The van der Waals surface area contributed by atoms with Gasteiger partial charge in [-0.15, -0.1) is 0 Å². The number of fused-ring (bicyclic) bond motifs is 1. The number of halogens is 1. The van der Waals surface area contributed by atoms with Crippen molar-refractivity contribution in [1.29, 1.82) is 0 Å². The first-order valence-electron chi connectivity index (χ1n) is 6.56. The zero-order valence-electron chi connectivity index (χ0n) is 10.6. The fraction of sp³-hybridized carbons (Fsp3) is 0.235. The third-order valence-corrected chi connectivity index (χ3v) is 3.73. The maximum absolute atomic E-state index is 13.0. The van der Waals surface area contributed by atoms with Gasteiger partial charge in [0.1, 0.15) is 11.6 Å². The Bertz CT molecular complexity index is 618. The molecular formula is C17H15FO. The summed E-state index contributed by atoms with van der Waals surface area (Å²) in [6, 6.07) is 14.5. The molecule has 1 nitrogen and oxygen atoms in total. The molecule has 0 amide bonds. The largest absolute Gasteiger partial charge is 0.299 e. The normalized spacial score (nSPS) is 16.6. The van der Waals surface area contributed by atoms with Gasteiger partial charge in [-0.3, -0.25) is 4.79 Å². The summed E-state index contributed by atoms with van der Waals surface area (Å²) in [6.45, 7) is 0. The Morgan fingerprint density at radius 3 is 2.79 bits per heavy atom. The van der Waals surface area contributed by atoms with Crippen LogP contribution in [-0.4, -0.2) is 5.78 Å². The Kier molecular flexibility index (Phi) is 3.16. The quantitative estimate of drug-likeness (QED) is 0.813. The molecule has 0 bridgehead atoms. The van der Waals surface area contributed by atoms with Crippen LogP contribution in [0.25, 0.3) is 0 Å². The van der Waals surface area contributed by atoms with Crippen molar-refractivity contribution in [2.75, 3.05) is 0 Å². The molecule has 2 aromatic carbocycles. The SMILES string of the molecule is O=C(Cc1cccc(F)c1)CC1Cc2ccccc21. The molecule has 0 aromatic heterocycles. The van der Waals surface area contributed by atoms with E-state index in [0.29, 0.717) is 18.8 Å². The third-order valence-electron chi connectivity index (χ3n) is 3.73. The smallest absolute Gasteiger partial charge is 0.137 e. The Morgan fingerprint density at radius 1 is 1.16 bits per heavy atom. The van der Waals surface area contributed by atoms with Gasteiger partial charge in [-0.2, -0.15) is 0 Å². The summed E-state index contributed by atoms with van der Waals surface area (Å²) in [4.78, 5) is 12.0. The van der Waals surface area contributed by atoms with E-state index in [4.69, 9.17) is 0 Å². The highest BCUT2D eigenvalue weighted by Gasteiger charge is 2.27. The highest BCUT2D eigenvalue weighted by molar-refractivity contribution is 5.82. The van der Waals surface area contributed by atoms with Gasteiger partial charge >= 0.3 is 0 Å². The fourth-order valence-electron chi connectivity index (χ4n) is 2.77. The number of benzene rings is 2. The van der Waals surface area contributed by atoms with Crippen molar-refractivity contribution in [2.24, 2.45) is 0 Å². The topological polar surface area (TPSA) is 17.1 Å². The summed E-state index contributed by atoms with van der Waals surface area (Å²) in [5.41, 5.74) is 3.42. The molecule has 1 unspecified atom stereocenters. The molecule has 0 radical (unpaired) electrons. The molecule has 0 saturated carbocycles. The van der Waals surface area contributed by atoms with E-state index in [9.17, 15) is 9.18 Å². The van der Waals surface area contributed by atoms with Crippen molar-refractivity contribution in [3.05, 3.63) is 71.0 Å². The summed E-state index contributed by atoms with van der Waals surface area (Å²) in [6.07, 6.45) is 1.88. The van der Waals surface area contributed by atoms with Crippen molar-refractivity contribution < 1.29 is 9.18 Å². The van der Waals surface area contributed by atoms with Crippen molar-refractivity contribution in [2.45, 2.75) is 25.2 Å². The van der Waals surface area contributed by atoms with Crippen molar-refractivity contribution in [3.63, 3.8) is 0 Å². The van der Waals surface area contributed by atoms with Crippen LogP contribution in [0.1, 0.15) is 29.0 Å². The lowest BCUT2D eigenvalue weighted by atomic mass is 9.75. The van der Waals surface area contributed by atoms with Gasteiger partial charge in [0, 0.05) is 12.8 Å². The zero-order valence-corrected chi connectivity index (χ0v) is 10.6. The van der Waals surface area contributed by atoms with E-state index in [2.05, 4.69) is 12.1 Å². The first-order chi connectivity index (χ1) is 9.22. The number of carbonyl (C=O) groups is 1. The minimum absolute atomic E-state index is 0.185. The van der Waals surface area contributed by atoms with Crippen LogP contribution in [-0.2, 0) is 17.6 Å². The van der Waals surface area contributed by atoms with Gasteiger partial charge in [-0.25, -0.2) is 4.39 Å². The molecule has 2 heteroatoms. The van der Waals surface area contributed by atoms with Gasteiger partial charge < -0.3 is 0 Å². The fourth-order valence-corrected chi connectivity index (χ4v) is 2.77. The molecule has 1 aliphatic carbocycles. The van der Waals surface area contributed by atoms with Crippen LogP contribution in [0.5, 0.6) is 0 Å². The van der Waals surface area contributed by atoms with Gasteiger partial charge in [-0.1, -0.05) is 36.4 Å². The zero-order chi connectivity index (χ0) is 13.2. The van der Waals surface area contributed by atoms with Crippen LogP contribution in [0.3, 0.4) is 0 Å². The van der Waals surface area contributed by atoms with Crippen LogP contribution in [0.4, 0.5) is 4.39 Å². The molecule has 96 valence electrons. The Labute approximate surface area is 112 Å². The Morgan fingerprint density at radius 2 is 2.00 bits per heavy atom. The van der Waals surface area contributed by atoms with E-state index in [0.717, 1.165) is 12.0 Å². The van der Waals surface area contributed by atoms with Gasteiger partial charge in [0.25, 0.3) is 0 Å². The van der Waals surface area contributed by atoms with E-state index in [1.807, 2.05) is 12.1 Å². The van der Waals surface area contributed by atoms with Crippen LogP contribution < -0.4 is 0 Å². The first-order valence-corrected chi connectivity index (χ1v) is 6.56. The van der Waals surface area contributed by atoms with Gasteiger partial charge in [0.05, 0.1) is 0 Å². The molecule has 19 heavy (non-hydrogen) atoms. The van der Waals surface area contributed by atoms with Gasteiger partial charge in [-0.05, 0) is 41.2 Å². The maximum atomic E-state index is 13.0. The second kappa shape index (κ2) is 4.96. The number of hydrogen-bond acceptors (Lipinski definition) is 1. The van der Waals surface area contributed by atoms with Crippen LogP contribution in [0.2, 0.25) is 0 Å². The monoisotopic (exact) mass is 254 g/mol. The molecule has 2 aromatic rings. The van der Waals surface area contributed by atoms with Crippen molar-refractivity contribution >= 4 is 5.78 Å². The molecule has 0 saturated heterocycles. The van der Waals surface area contributed by atoms with E-state index in [1.54, 1.807) is 12.1 Å². The highest BCUT2D eigenvalue weighted by Crippen LogP contribution is 2.37. The average Bonchev–Trinajstić information content (AvgIpc) is 2.36. The minimum Gasteiger partial charge on any atom is -0.299 e. The van der Waals surface area contributed by atoms with E-state index in [1.165, 1.54) is 23.3 Å². The second-order valence-electron chi connectivity index (χ2n) is 5.15. The molecule has 0 N–H and O–H groups in total. The summed E-state index contributed by atoms with van der Waals surface area (Å²) in [7, 11) is 0. The Balaban J connectivity index is 1.62. The number of carbonyl (C=O) groups excluding carboxylic acids is 1. The number of rotatable bonds is 4. The lowest BCUT2D eigenvalue weighted by Crippen LogP contribution is -2.20. The predicted octanol–water partition coefficient (Wildman–Crippen LogP) is 3.67. The van der Waals surface area contributed by atoms with Crippen LogP contribution in [0.15, 0.2) is 48.5 Å². The molecule has 0 aliphatic heterocycles. The van der Waals surface area contributed by atoms with Crippen LogP contribution >= 0.6 is 0 Å². The molecule has 1 aliphatic rings. The van der Waals surface area contributed by atoms with Crippen molar-refractivity contribution in [3.8, 4) is 0 Å². The van der Waals surface area contributed by atoms with E-state index < -0.39 is 0 Å². The standard InChI is InChI=1S/C17H15FO/c18-15-6-3-4-12(8-15)9-16(19)11-14-10-13-5-1-2-7-17(13)14/h1-8,14H,9-11H2. The molecule has 1 atom stereocenters. The molecule has 0 spiro atoms. The summed E-state index contributed by atoms with van der Waals surface area (Å²) in [5.74, 6) is 0.265. The first kappa shape index (κ1) is 12.1. The average molecular weight is 254 g/mol. The number of ketones is 1. The predicted molar refractivity (Wildman–Crippen MR) is 72.6 cm³/mol. The highest BCUT2D eigenvalue weighted by atomic mass is 19.1. The summed E-state index contributed by atoms with van der Waals surface area (Å²) < 4.78 is 13.0. The Hall–Kier alpha value is -1.96.